The van der Waals surface area contributed by atoms with E-state index < -0.39 is 45.2 Å². The van der Waals surface area contributed by atoms with E-state index in [0.717, 1.165) is 0 Å². The van der Waals surface area contributed by atoms with Crippen LogP contribution in [0.15, 0.2) is 35.9 Å². The number of hydrogen-bond acceptors (Lipinski definition) is 6. The van der Waals surface area contributed by atoms with Crippen LogP contribution in [-0.4, -0.2) is 19.9 Å². The molecule has 0 saturated carbocycles. The van der Waals surface area contributed by atoms with Crippen molar-refractivity contribution in [1.82, 2.24) is 0 Å². The second kappa shape index (κ2) is 6.18. The van der Waals surface area contributed by atoms with Gasteiger partial charge in [0.2, 0.25) is 17.4 Å². The number of hydrogen-bond donors (Lipinski definition) is 1. The summed E-state index contributed by atoms with van der Waals surface area (Å²) in [6, 6.07) is 5.55. The molecule has 0 amide bonds. The number of ether oxygens (including phenoxy) is 1. The van der Waals surface area contributed by atoms with Gasteiger partial charge in [-0.1, -0.05) is 37.6 Å². The molecule has 1 atom stereocenters. The van der Waals surface area contributed by atoms with Crippen molar-refractivity contribution in [2.75, 3.05) is 5.70 Å². The highest BCUT2D eigenvalue weighted by Crippen LogP contribution is 2.32. The third-order valence-corrected chi connectivity index (χ3v) is 3.93. The molecule has 0 bridgehead atoms. The Morgan fingerprint density at radius 2 is 2.05 bits per heavy atom. The Morgan fingerprint density at radius 3 is 2.59 bits per heavy atom. The minimum absolute atomic E-state index is 0.0627. The molecule has 0 saturated heterocycles. The topological polar surface area (TPSA) is 95.7 Å². The lowest BCUT2D eigenvalue weighted by atomic mass is 10.1. The summed E-state index contributed by atoms with van der Waals surface area (Å²) < 4.78 is 57.5. The van der Waals surface area contributed by atoms with Crippen LogP contribution in [0.3, 0.4) is 0 Å². The Bertz CT molecular complexity index is 839. The first-order chi connectivity index (χ1) is 11.3. The summed E-state index contributed by atoms with van der Waals surface area (Å²) in [5, 5.41) is 0.364. The second-order valence-electron chi connectivity index (χ2n) is 4.77. The van der Waals surface area contributed by atoms with Gasteiger partial charge in [0.05, 0.1) is 7.08 Å². The molecule has 1 aliphatic heterocycles. The van der Waals surface area contributed by atoms with E-state index in [1.54, 1.807) is 0 Å². The Balaban J connectivity index is 2.37. The maximum atomic E-state index is 12.5. The van der Waals surface area contributed by atoms with Gasteiger partial charge in [-0.2, -0.15) is 8.42 Å². The number of carbonyl (C=O) groups is 1. The van der Waals surface area contributed by atoms with E-state index in [9.17, 15) is 13.2 Å². The fourth-order valence-electron chi connectivity index (χ4n) is 1.71. The van der Waals surface area contributed by atoms with Gasteiger partial charge in [-0.15, -0.1) is 0 Å². The number of rotatable bonds is 5. The monoisotopic (exact) mass is 348 g/mol. The molecule has 8 heteroatoms. The number of ketones is 1. The molecular weight excluding hydrogens is 330 g/mol. The Labute approximate surface area is 138 Å². The molecule has 0 unspecified atom stereocenters. The molecule has 0 aromatic heterocycles. The summed E-state index contributed by atoms with van der Waals surface area (Å²) in [7, 11) is -4.86. The number of carbonyl (C=O) groups excluding carboxylic acids is 1. The number of nitrogens with two attached hydrogens (primary N) is 1. The van der Waals surface area contributed by atoms with Gasteiger partial charge in [0.15, 0.2) is 6.08 Å². The van der Waals surface area contributed by atoms with E-state index in [1.807, 2.05) is 0 Å². The molecule has 1 aliphatic rings. The van der Waals surface area contributed by atoms with Gasteiger partial charge in [-0.25, -0.2) is 0 Å². The lowest BCUT2D eigenvalue weighted by molar-refractivity contribution is -0.123. The first kappa shape index (κ1) is 12.8. The van der Waals surface area contributed by atoms with Crippen molar-refractivity contribution < 1.29 is 26.2 Å². The molecule has 2 rings (SSSR count). The van der Waals surface area contributed by atoms with Gasteiger partial charge in [0, 0.05) is 13.3 Å². The zero-order valence-corrected chi connectivity index (χ0v) is 13.4. The highest BCUT2D eigenvalue weighted by molar-refractivity contribution is 7.86. The summed E-state index contributed by atoms with van der Waals surface area (Å²) in [4.78, 5) is 12.5. The van der Waals surface area contributed by atoms with E-state index in [0.29, 0.717) is 5.02 Å². The average Bonchev–Trinajstić information content (AvgIpc) is 2.71. The standard InChI is InChI=1S/C14H16ClNO5S/c1-8(2)7-22(18,19)21-13-11(17)12(20-14(13)16)9-3-5-10(15)6-4-9/h3-6,8,12H,7,16H2,1-2H3/t12-/m0/s1/i7D2,12D. The number of benzene rings is 1. The van der Waals surface area contributed by atoms with E-state index in [-0.39, 0.29) is 5.56 Å². The van der Waals surface area contributed by atoms with E-state index in [1.165, 1.54) is 38.1 Å². The SMILES string of the molecule is [2H]C([2H])(C(C)C)S(=O)(=O)OC1=C(N)O[C@@]([2H])(c2ccc(Cl)cc2)C1=O. The van der Waals surface area contributed by atoms with Crippen molar-refractivity contribution >= 4 is 27.5 Å². The maximum absolute atomic E-state index is 12.5. The first-order valence-electron chi connectivity index (χ1n) is 7.76. The predicted molar refractivity (Wildman–Crippen MR) is 81.2 cm³/mol. The van der Waals surface area contributed by atoms with E-state index in [4.69, 9.17) is 26.2 Å². The van der Waals surface area contributed by atoms with E-state index in [2.05, 4.69) is 4.18 Å². The van der Waals surface area contributed by atoms with Crippen LogP contribution in [0.5, 0.6) is 0 Å². The Hall–Kier alpha value is -1.73. The smallest absolute Gasteiger partial charge is 0.309 e. The van der Waals surface area contributed by atoms with Crippen LogP contribution in [0.4, 0.5) is 0 Å². The van der Waals surface area contributed by atoms with Crippen LogP contribution in [0.25, 0.3) is 0 Å². The van der Waals surface area contributed by atoms with Crippen molar-refractivity contribution in [1.29, 1.82) is 0 Å². The average molecular weight is 349 g/mol. The fraction of sp³-hybridized carbons (Fsp3) is 0.357. The molecule has 22 heavy (non-hydrogen) atoms. The van der Waals surface area contributed by atoms with Gasteiger partial charge in [0.25, 0.3) is 0 Å². The highest BCUT2D eigenvalue weighted by atomic mass is 35.5. The Morgan fingerprint density at radius 1 is 1.45 bits per heavy atom. The summed E-state index contributed by atoms with van der Waals surface area (Å²) >= 11 is 5.76. The third kappa shape index (κ3) is 3.72. The third-order valence-electron chi connectivity index (χ3n) is 2.53. The van der Waals surface area contributed by atoms with Gasteiger partial charge >= 0.3 is 10.1 Å². The minimum Gasteiger partial charge on any atom is -0.460 e. The summed E-state index contributed by atoms with van der Waals surface area (Å²) in [6.45, 7) is 2.68. The van der Waals surface area contributed by atoms with Crippen LogP contribution in [0, 0.1) is 5.92 Å². The normalized spacial score (nSPS) is 24.7. The van der Waals surface area contributed by atoms with Gasteiger partial charge < -0.3 is 14.7 Å². The van der Waals surface area contributed by atoms with Crippen molar-refractivity contribution in [2.45, 2.75) is 19.9 Å². The second-order valence-corrected chi connectivity index (χ2v) is 6.52. The fourth-order valence-corrected chi connectivity index (χ4v) is 2.84. The molecule has 0 spiro atoms. The molecule has 2 N–H and O–H groups in total. The van der Waals surface area contributed by atoms with Crippen molar-refractivity contribution in [3.05, 3.63) is 46.5 Å². The summed E-state index contributed by atoms with van der Waals surface area (Å²) in [5.41, 5.74) is 2.81. The maximum Gasteiger partial charge on any atom is 0.309 e. The lowest BCUT2D eigenvalue weighted by Crippen LogP contribution is -2.19. The molecule has 0 fully saturated rings. The van der Waals surface area contributed by atoms with Crippen molar-refractivity contribution in [2.24, 2.45) is 11.7 Å². The molecule has 0 aliphatic carbocycles. The minimum atomic E-state index is -4.86. The summed E-state index contributed by atoms with van der Waals surface area (Å²) in [5.74, 6) is -3.74. The van der Waals surface area contributed by atoms with Crippen LogP contribution in [0.2, 0.25) is 5.02 Å². The lowest BCUT2D eigenvalue weighted by Gasteiger charge is -2.10. The van der Waals surface area contributed by atoms with E-state index >= 15 is 0 Å². The molecule has 1 aromatic carbocycles. The molecule has 120 valence electrons. The highest BCUT2D eigenvalue weighted by Gasteiger charge is 2.39. The first-order valence-corrected chi connectivity index (χ1v) is 8.05. The van der Waals surface area contributed by atoms with Gasteiger partial charge in [-0.3, -0.25) is 4.79 Å². The zero-order valence-electron chi connectivity index (χ0n) is 14.8. The molecular formula is C14H16ClNO5S. The van der Waals surface area contributed by atoms with Gasteiger partial charge in [0.1, 0.15) is 0 Å². The van der Waals surface area contributed by atoms with Crippen LogP contribution in [-0.2, 0) is 23.8 Å². The van der Waals surface area contributed by atoms with Crippen LogP contribution < -0.4 is 5.73 Å². The molecule has 1 aromatic rings. The molecule has 1 heterocycles. The molecule has 0 radical (unpaired) electrons. The van der Waals surface area contributed by atoms with Crippen LogP contribution >= 0.6 is 11.6 Å². The number of halogens is 1. The van der Waals surface area contributed by atoms with Gasteiger partial charge in [-0.05, 0) is 18.1 Å². The molecule has 6 nitrogen and oxygen atoms in total. The quantitative estimate of drug-likeness (QED) is 0.819. The van der Waals surface area contributed by atoms with Crippen molar-refractivity contribution in [3.63, 3.8) is 0 Å². The largest absolute Gasteiger partial charge is 0.460 e. The predicted octanol–water partition coefficient (Wildman–Crippen LogP) is 2.11. The number of Topliss-reactive ketones (excluding diaryl/α,β-unsaturated/α-hetero) is 1. The summed E-state index contributed by atoms with van der Waals surface area (Å²) in [6.07, 6.45) is -2.34. The van der Waals surface area contributed by atoms with Crippen LogP contribution in [0.1, 0.15) is 29.6 Å². The Kier molecular flexibility index (Phi) is 3.59. The van der Waals surface area contributed by atoms with Crippen molar-refractivity contribution in [3.8, 4) is 0 Å². The zero-order chi connectivity index (χ0) is 19.2.